The molecule has 0 saturated carbocycles. The molecular weight excluding hydrogens is 375 g/mol. The van der Waals surface area contributed by atoms with E-state index in [9.17, 15) is 0 Å². The molecule has 0 aromatic heterocycles. The molecule has 0 aliphatic carbocycles. The van der Waals surface area contributed by atoms with Crippen LogP contribution in [-0.4, -0.2) is 0 Å². The largest absolute Gasteiger partial charge is 0.455 e. The molecule has 3 heteroatoms. The summed E-state index contributed by atoms with van der Waals surface area (Å²) in [6.07, 6.45) is 0. The Morgan fingerprint density at radius 2 is 1.10 bits per heavy atom. The smallest absolute Gasteiger partial charge is 0.179 e. The summed E-state index contributed by atoms with van der Waals surface area (Å²) in [6, 6.07) is 34.0. The zero-order valence-electron chi connectivity index (χ0n) is 15.6. The third kappa shape index (κ3) is 2.21. The summed E-state index contributed by atoms with van der Waals surface area (Å²) in [7, 11) is -3.12. The van der Waals surface area contributed by atoms with Crippen molar-refractivity contribution in [1.29, 1.82) is 0 Å². The second-order valence-electron chi connectivity index (χ2n) is 7.28. The van der Waals surface area contributed by atoms with Crippen molar-refractivity contribution in [2.75, 3.05) is 0 Å². The lowest BCUT2D eigenvalue weighted by atomic mass is 10.0. The molecule has 6 rings (SSSR count). The molecule has 0 bridgehead atoms. The predicted octanol–water partition coefficient (Wildman–Crippen LogP) is 5.74. The molecule has 29 heavy (non-hydrogen) atoms. The lowest BCUT2D eigenvalue weighted by Crippen LogP contribution is -2.31. The van der Waals surface area contributed by atoms with Gasteiger partial charge < -0.3 is 9.30 Å². The van der Waals surface area contributed by atoms with Gasteiger partial charge >= 0.3 is 0 Å². The summed E-state index contributed by atoms with van der Waals surface area (Å²) in [6.45, 7) is 0. The van der Waals surface area contributed by atoms with Gasteiger partial charge in [0.05, 0.1) is 10.6 Å². The van der Waals surface area contributed by atoms with E-state index in [1.54, 1.807) is 0 Å². The highest BCUT2D eigenvalue weighted by Gasteiger charge is 2.41. The number of hydrogen-bond donors (Lipinski definition) is 0. The number of ether oxygens (including phenoxy) is 1. The van der Waals surface area contributed by atoms with Gasteiger partial charge in [-0.3, -0.25) is 0 Å². The number of hydrogen-bond acceptors (Lipinski definition) is 2. The third-order valence-electron chi connectivity index (χ3n) is 5.71. The first-order valence-electron chi connectivity index (χ1n) is 9.65. The molecule has 0 radical (unpaired) electrons. The Hall–Kier alpha value is -3.35. The van der Waals surface area contributed by atoms with Crippen LogP contribution >= 0.6 is 7.14 Å². The molecule has 5 aromatic carbocycles. The van der Waals surface area contributed by atoms with Crippen molar-refractivity contribution in [2.24, 2.45) is 0 Å². The molecule has 1 unspecified atom stereocenters. The second kappa shape index (κ2) is 6.07. The van der Waals surface area contributed by atoms with Crippen molar-refractivity contribution in [2.45, 2.75) is 0 Å². The number of rotatable bonds is 1. The van der Waals surface area contributed by atoms with Gasteiger partial charge in [-0.1, -0.05) is 91.0 Å². The Kier molecular flexibility index (Phi) is 3.47. The summed E-state index contributed by atoms with van der Waals surface area (Å²) in [5, 5.41) is 6.59. The molecule has 1 aliphatic heterocycles. The molecule has 0 saturated heterocycles. The van der Waals surface area contributed by atoms with E-state index in [1.807, 2.05) is 78.9 Å². The third-order valence-corrected chi connectivity index (χ3v) is 8.86. The van der Waals surface area contributed by atoms with Crippen LogP contribution in [0.25, 0.3) is 21.5 Å². The Bertz CT molecular complexity index is 1450. The van der Waals surface area contributed by atoms with Gasteiger partial charge in [0.25, 0.3) is 0 Å². The fourth-order valence-corrected chi connectivity index (χ4v) is 7.53. The molecule has 1 aliphatic rings. The fourth-order valence-electron chi connectivity index (χ4n) is 4.45. The van der Waals surface area contributed by atoms with E-state index in [0.717, 1.165) is 37.5 Å². The van der Waals surface area contributed by atoms with Crippen LogP contribution in [0.4, 0.5) is 0 Å². The number of fused-ring (bicyclic) bond motifs is 7. The lowest BCUT2D eigenvalue weighted by molar-refractivity contribution is 0.491. The van der Waals surface area contributed by atoms with Gasteiger partial charge in [-0.05, 0) is 28.3 Å². The predicted molar refractivity (Wildman–Crippen MR) is 121 cm³/mol. The van der Waals surface area contributed by atoms with Crippen molar-refractivity contribution in [3.05, 3.63) is 103 Å². The Balaban J connectivity index is 1.88. The van der Waals surface area contributed by atoms with Crippen molar-refractivity contribution < 1.29 is 9.30 Å². The molecule has 0 fully saturated rings. The van der Waals surface area contributed by atoms with E-state index in [4.69, 9.17) is 4.74 Å². The highest BCUT2D eigenvalue weighted by molar-refractivity contribution is 7.86. The van der Waals surface area contributed by atoms with Crippen LogP contribution in [0.3, 0.4) is 0 Å². The maximum atomic E-state index is 15.1. The summed E-state index contributed by atoms with van der Waals surface area (Å²) in [4.78, 5) is 0. The van der Waals surface area contributed by atoms with E-state index >= 15 is 4.57 Å². The van der Waals surface area contributed by atoms with E-state index < -0.39 is 7.14 Å². The first-order chi connectivity index (χ1) is 14.3. The lowest BCUT2D eigenvalue weighted by Gasteiger charge is -2.31. The SMILES string of the molecule is O=P1(c2ccccc2)c2ccccc2Oc2c1c1ccccc1c1ccccc21. The van der Waals surface area contributed by atoms with Crippen molar-refractivity contribution in [1.82, 2.24) is 0 Å². The quantitative estimate of drug-likeness (QED) is 0.264. The van der Waals surface area contributed by atoms with Crippen molar-refractivity contribution in [3.63, 3.8) is 0 Å². The van der Waals surface area contributed by atoms with Crippen LogP contribution in [0.15, 0.2) is 103 Å². The van der Waals surface area contributed by atoms with Crippen LogP contribution < -0.4 is 20.7 Å². The van der Waals surface area contributed by atoms with Gasteiger partial charge in [0.1, 0.15) is 11.5 Å². The molecule has 0 amide bonds. The maximum absolute atomic E-state index is 15.1. The molecule has 2 nitrogen and oxygen atoms in total. The van der Waals surface area contributed by atoms with E-state index in [0.29, 0.717) is 11.5 Å². The maximum Gasteiger partial charge on any atom is 0.179 e. The van der Waals surface area contributed by atoms with Crippen molar-refractivity contribution >= 4 is 44.6 Å². The van der Waals surface area contributed by atoms with Crippen LogP contribution in [0.2, 0.25) is 0 Å². The summed E-state index contributed by atoms with van der Waals surface area (Å²) in [5.41, 5.74) is 0. The molecule has 5 aromatic rings. The molecular formula is C26H17O2P. The van der Waals surface area contributed by atoms with Crippen LogP contribution in [0, 0.1) is 0 Å². The highest BCUT2D eigenvalue weighted by Crippen LogP contribution is 2.55. The molecule has 138 valence electrons. The number of para-hydroxylation sites is 1. The monoisotopic (exact) mass is 392 g/mol. The summed E-state index contributed by atoms with van der Waals surface area (Å²) < 4.78 is 21.5. The van der Waals surface area contributed by atoms with Gasteiger partial charge in [-0.15, -0.1) is 0 Å². The van der Waals surface area contributed by atoms with Crippen LogP contribution in [0.1, 0.15) is 0 Å². The van der Waals surface area contributed by atoms with Crippen LogP contribution in [0.5, 0.6) is 11.5 Å². The van der Waals surface area contributed by atoms with Gasteiger partial charge in [-0.2, -0.15) is 0 Å². The standard InChI is InChI=1S/C26H17O2P/c27-29(18-10-2-1-3-11-18)24-17-9-8-16-23(24)28-25-21-14-6-4-12-19(21)20-13-5-7-15-22(20)26(25)29/h1-17H. The summed E-state index contributed by atoms with van der Waals surface area (Å²) in [5.74, 6) is 1.39. The molecule has 0 N–H and O–H groups in total. The molecule has 1 atom stereocenters. The minimum Gasteiger partial charge on any atom is -0.455 e. The zero-order valence-corrected chi connectivity index (χ0v) is 16.5. The fraction of sp³-hybridized carbons (Fsp3) is 0. The van der Waals surface area contributed by atoms with E-state index in [-0.39, 0.29) is 0 Å². The average molecular weight is 392 g/mol. The molecule has 1 heterocycles. The van der Waals surface area contributed by atoms with E-state index in [1.165, 1.54) is 0 Å². The average Bonchev–Trinajstić information content (AvgIpc) is 2.80. The van der Waals surface area contributed by atoms with Gasteiger partial charge in [0, 0.05) is 10.7 Å². The topological polar surface area (TPSA) is 26.3 Å². The zero-order chi connectivity index (χ0) is 19.4. The van der Waals surface area contributed by atoms with Gasteiger partial charge in [0.2, 0.25) is 0 Å². The first-order valence-corrected chi connectivity index (χ1v) is 11.4. The summed E-state index contributed by atoms with van der Waals surface area (Å²) >= 11 is 0. The first kappa shape index (κ1) is 16.6. The van der Waals surface area contributed by atoms with Gasteiger partial charge in [0.15, 0.2) is 7.14 Å². The number of benzene rings is 5. The molecule has 0 spiro atoms. The minimum absolute atomic E-state index is 0.674. The normalized spacial score (nSPS) is 17.5. The highest BCUT2D eigenvalue weighted by atomic mass is 31.2. The minimum atomic E-state index is -3.12. The van der Waals surface area contributed by atoms with Crippen LogP contribution in [-0.2, 0) is 4.57 Å². The van der Waals surface area contributed by atoms with E-state index in [2.05, 4.69) is 24.3 Å². The van der Waals surface area contributed by atoms with Gasteiger partial charge in [-0.25, -0.2) is 0 Å². The Morgan fingerprint density at radius 1 is 0.552 bits per heavy atom. The Morgan fingerprint density at radius 3 is 1.86 bits per heavy atom. The second-order valence-corrected chi connectivity index (χ2v) is 9.95. The Labute approximate surface area is 168 Å². The van der Waals surface area contributed by atoms with Crippen molar-refractivity contribution in [3.8, 4) is 11.5 Å².